The molecule has 0 aliphatic carbocycles. The molecule has 1 N–H and O–H groups in total. The minimum atomic E-state index is 0.534. The molecule has 5 heteroatoms. The van der Waals surface area contributed by atoms with E-state index in [0.29, 0.717) is 5.92 Å². The third-order valence-electron chi connectivity index (χ3n) is 3.31. The highest BCUT2D eigenvalue weighted by Gasteiger charge is 2.05. The monoisotopic (exact) mass is 289 g/mol. The fourth-order valence-electron chi connectivity index (χ4n) is 2.25. The predicted octanol–water partition coefficient (Wildman–Crippen LogP) is 2.33. The Kier molecular flexibility index (Phi) is 5.63. The molecule has 1 aromatic carbocycles. The third kappa shape index (κ3) is 4.79. The van der Waals surface area contributed by atoms with Crippen LogP contribution < -0.4 is 14.8 Å². The highest BCUT2D eigenvalue weighted by molar-refractivity contribution is 5.38. The van der Waals surface area contributed by atoms with E-state index in [-0.39, 0.29) is 0 Å². The molecule has 2 aromatic rings. The summed E-state index contributed by atoms with van der Waals surface area (Å²) in [5.41, 5.74) is 1.15. The number of ether oxygens (including phenoxy) is 2. The van der Waals surface area contributed by atoms with Crippen LogP contribution in [0.3, 0.4) is 0 Å². The number of aromatic nitrogens is 2. The molecule has 0 spiro atoms. The van der Waals surface area contributed by atoms with E-state index in [1.54, 1.807) is 14.2 Å². The third-order valence-corrected chi connectivity index (χ3v) is 3.31. The Morgan fingerprint density at radius 2 is 1.90 bits per heavy atom. The normalized spacial score (nSPS) is 12.1. The van der Waals surface area contributed by atoms with Gasteiger partial charge in [-0.05, 0) is 30.2 Å². The average molecular weight is 289 g/mol. The summed E-state index contributed by atoms with van der Waals surface area (Å²) >= 11 is 0. The summed E-state index contributed by atoms with van der Waals surface area (Å²) in [5, 5.41) is 3.47. The standard InChI is InChI=1S/C16H23N3O2/c1-13(11-19-5-4-17-12-19)9-18-10-14-6-15(20-2)8-16(7-14)21-3/h4-8,12-13,18H,9-11H2,1-3H3. The minimum Gasteiger partial charge on any atom is -0.497 e. The molecule has 0 amide bonds. The second kappa shape index (κ2) is 7.69. The minimum absolute atomic E-state index is 0.534. The molecule has 1 aromatic heterocycles. The van der Waals surface area contributed by atoms with Crippen molar-refractivity contribution in [3.05, 3.63) is 42.5 Å². The summed E-state index contributed by atoms with van der Waals surface area (Å²) in [6.45, 7) is 4.92. The topological polar surface area (TPSA) is 48.3 Å². The van der Waals surface area contributed by atoms with Crippen molar-refractivity contribution in [2.45, 2.75) is 20.0 Å². The summed E-state index contributed by atoms with van der Waals surface area (Å²) in [5.74, 6) is 2.17. The maximum absolute atomic E-state index is 5.28. The average Bonchev–Trinajstić information content (AvgIpc) is 2.99. The Labute approximate surface area is 125 Å². The highest BCUT2D eigenvalue weighted by atomic mass is 16.5. The molecular formula is C16H23N3O2. The van der Waals surface area contributed by atoms with Crippen molar-refractivity contribution in [2.75, 3.05) is 20.8 Å². The van der Waals surface area contributed by atoms with Crippen molar-refractivity contribution in [1.29, 1.82) is 0 Å². The van der Waals surface area contributed by atoms with Crippen LogP contribution >= 0.6 is 0 Å². The van der Waals surface area contributed by atoms with Crippen LogP contribution in [0.5, 0.6) is 11.5 Å². The van der Waals surface area contributed by atoms with Gasteiger partial charge in [0.2, 0.25) is 0 Å². The zero-order valence-corrected chi connectivity index (χ0v) is 12.9. The number of nitrogens with one attached hydrogen (secondary N) is 1. The quantitative estimate of drug-likeness (QED) is 0.810. The van der Waals surface area contributed by atoms with Crippen molar-refractivity contribution in [2.24, 2.45) is 5.92 Å². The van der Waals surface area contributed by atoms with Gasteiger partial charge >= 0.3 is 0 Å². The van der Waals surface area contributed by atoms with Gasteiger partial charge < -0.3 is 19.4 Å². The SMILES string of the molecule is COc1cc(CNCC(C)Cn2ccnc2)cc(OC)c1. The Hall–Kier alpha value is -2.01. The maximum atomic E-state index is 5.28. The van der Waals surface area contributed by atoms with Crippen molar-refractivity contribution in [3.63, 3.8) is 0 Å². The molecule has 114 valence electrons. The smallest absolute Gasteiger partial charge is 0.122 e. The maximum Gasteiger partial charge on any atom is 0.122 e. The van der Waals surface area contributed by atoms with E-state index in [2.05, 4.69) is 21.8 Å². The van der Waals surface area contributed by atoms with Crippen molar-refractivity contribution < 1.29 is 9.47 Å². The van der Waals surface area contributed by atoms with E-state index >= 15 is 0 Å². The molecule has 21 heavy (non-hydrogen) atoms. The lowest BCUT2D eigenvalue weighted by Crippen LogP contribution is -2.23. The first-order valence-corrected chi connectivity index (χ1v) is 7.09. The van der Waals surface area contributed by atoms with Gasteiger partial charge in [0.15, 0.2) is 0 Å². The molecule has 1 unspecified atom stereocenters. The largest absolute Gasteiger partial charge is 0.497 e. The second-order valence-corrected chi connectivity index (χ2v) is 5.22. The molecule has 5 nitrogen and oxygen atoms in total. The lowest BCUT2D eigenvalue weighted by molar-refractivity contribution is 0.392. The molecule has 0 radical (unpaired) electrons. The number of nitrogens with zero attached hydrogens (tertiary/aromatic N) is 2. The predicted molar refractivity (Wildman–Crippen MR) is 82.6 cm³/mol. The van der Waals surface area contributed by atoms with E-state index in [4.69, 9.17) is 9.47 Å². The summed E-state index contributed by atoms with van der Waals surface area (Å²) in [6, 6.07) is 5.93. The van der Waals surface area contributed by atoms with Gasteiger partial charge in [0.05, 0.1) is 20.5 Å². The molecule has 2 rings (SSSR count). The first-order valence-electron chi connectivity index (χ1n) is 7.09. The number of hydrogen-bond acceptors (Lipinski definition) is 4. The summed E-state index contributed by atoms with van der Waals surface area (Å²) in [4.78, 5) is 4.06. The Balaban J connectivity index is 1.82. The molecule has 1 atom stereocenters. The van der Waals surface area contributed by atoms with Gasteiger partial charge in [-0.15, -0.1) is 0 Å². The van der Waals surface area contributed by atoms with E-state index in [9.17, 15) is 0 Å². The van der Waals surface area contributed by atoms with Gasteiger partial charge in [0.1, 0.15) is 11.5 Å². The number of methoxy groups -OCH3 is 2. The van der Waals surface area contributed by atoms with Crippen LogP contribution in [0.15, 0.2) is 36.9 Å². The van der Waals surface area contributed by atoms with Crippen molar-refractivity contribution in [1.82, 2.24) is 14.9 Å². The van der Waals surface area contributed by atoms with Crippen LogP contribution in [0.4, 0.5) is 0 Å². The number of benzene rings is 1. The zero-order valence-electron chi connectivity index (χ0n) is 12.9. The second-order valence-electron chi connectivity index (χ2n) is 5.22. The van der Waals surface area contributed by atoms with Gasteiger partial charge in [-0.2, -0.15) is 0 Å². The number of imidazole rings is 1. The van der Waals surface area contributed by atoms with Gasteiger partial charge in [0.25, 0.3) is 0 Å². The molecular weight excluding hydrogens is 266 g/mol. The molecule has 0 saturated heterocycles. The van der Waals surface area contributed by atoms with Crippen LogP contribution in [0, 0.1) is 5.92 Å². The Bertz CT molecular complexity index is 518. The fraction of sp³-hybridized carbons (Fsp3) is 0.438. The van der Waals surface area contributed by atoms with Crippen molar-refractivity contribution in [3.8, 4) is 11.5 Å². The van der Waals surface area contributed by atoms with Gasteiger partial charge in [-0.25, -0.2) is 4.98 Å². The Morgan fingerprint density at radius 1 is 1.19 bits per heavy atom. The molecule has 0 fully saturated rings. The van der Waals surface area contributed by atoms with E-state index < -0.39 is 0 Å². The molecule has 0 saturated carbocycles. The molecule has 1 heterocycles. The van der Waals surface area contributed by atoms with Gasteiger partial charge in [-0.3, -0.25) is 0 Å². The summed E-state index contributed by atoms with van der Waals surface area (Å²) in [6.07, 6.45) is 5.65. The Morgan fingerprint density at radius 3 is 2.48 bits per heavy atom. The van der Waals surface area contributed by atoms with Crippen LogP contribution in [0.1, 0.15) is 12.5 Å². The van der Waals surface area contributed by atoms with Crippen LogP contribution in [0.25, 0.3) is 0 Å². The molecule has 0 bridgehead atoms. The molecule has 0 aliphatic rings. The number of hydrogen-bond donors (Lipinski definition) is 1. The van der Waals surface area contributed by atoms with Crippen LogP contribution in [-0.2, 0) is 13.1 Å². The fourth-order valence-corrected chi connectivity index (χ4v) is 2.25. The summed E-state index contributed by atoms with van der Waals surface area (Å²) < 4.78 is 12.7. The lowest BCUT2D eigenvalue weighted by Gasteiger charge is -2.14. The van der Waals surface area contributed by atoms with Crippen LogP contribution in [0.2, 0.25) is 0 Å². The van der Waals surface area contributed by atoms with Crippen LogP contribution in [-0.4, -0.2) is 30.3 Å². The first-order chi connectivity index (χ1) is 10.2. The van der Waals surface area contributed by atoms with Crippen molar-refractivity contribution >= 4 is 0 Å². The summed E-state index contributed by atoms with van der Waals surface area (Å²) in [7, 11) is 3.33. The highest BCUT2D eigenvalue weighted by Crippen LogP contribution is 2.22. The van der Waals surface area contributed by atoms with E-state index in [0.717, 1.165) is 36.7 Å². The van der Waals surface area contributed by atoms with E-state index in [1.165, 1.54) is 0 Å². The molecule has 0 aliphatic heterocycles. The number of rotatable bonds is 8. The lowest BCUT2D eigenvalue weighted by atomic mass is 10.1. The van der Waals surface area contributed by atoms with Gasteiger partial charge in [0, 0.05) is 31.5 Å². The zero-order chi connectivity index (χ0) is 15.1. The van der Waals surface area contributed by atoms with Gasteiger partial charge in [-0.1, -0.05) is 6.92 Å². The first kappa shape index (κ1) is 15.4. The van der Waals surface area contributed by atoms with E-state index in [1.807, 2.05) is 36.9 Å².